The zero-order valence-electron chi connectivity index (χ0n) is 14.5. The van der Waals surface area contributed by atoms with Gasteiger partial charge in [0.15, 0.2) is 11.7 Å². The van der Waals surface area contributed by atoms with Crippen LogP contribution >= 0.6 is 0 Å². The van der Waals surface area contributed by atoms with Gasteiger partial charge in [-0.1, -0.05) is 6.08 Å². The SMILES string of the molecule is C=CCOCC(NC(=O)c1cc2cnn(C(C)C)c2nc1C)C(=O)O. The highest BCUT2D eigenvalue weighted by Gasteiger charge is 2.23. The van der Waals surface area contributed by atoms with Crippen molar-refractivity contribution in [3.05, 3.63) is 36.2 Å². The molecular formula is C17H22N4O4. The Morgan fingerprint density at radius 2 is 2.20 bits per heavy atom. The highest BCUT2D eigenvalue weighted by Crippen LogP contribution is 2.19. The lowest BCUT2D eigenvalue weighted by Gasteiger charge is -2.15. The first-order chi connectivity index (χ1) is 11.8. The van der Waals surface area contributed by atoms with Gasteiger partial charge in [0.2, 0.25) is 0 Å². The number of aryl methyl sites for hydroxylation is 1. The van der Waals surface area contributed by atoms with Crippen molar-refractivity contribution in [2.45, 2.75) is 32.9 Å². The molecule has 0 saturated heterocycles. The maximum absolute atomic E-state index is 12.5. The molecule has 1 unspecified atom stereocenters. The van der Waals surface area contributed by atoms with Crippen LogP contribution in [0.25, 0.3) is 11.0 Å². The molecule has 2 aromatic heterocycles. The van der Waals surface area contributed by atoms with Crippen LogP contribution in [0.5, 0.6) is 0 Å². The largest absolute Gasteiger partial charge is 0.480 e. The molecule has 0 bridgehead atoms. The fourth-order valence-corrected chi connectivity index (χ4v) is 2.35. The molecule has 134 valence electrons. The second-order valence-electron chi connectivity index (χ2n) is 5.91. The molecule has 0 aliphatic carbocycles. The molecular weight excluding hydrogens is 324 g/mol. The summed E-state index contributed by atoms with van der Waals surface area (Å²) in [5.74, 6) is -1.68. The number of ether oxygens (including phenoxy) is 1. The van der Waals surface area contributed by atoms with Gasteiger partial charge in [0.25, 0.3) is 5.91 Å². The lowest BCUT2D eigenvalue weighted by Crippen LogP contribution is -2.44. The van der Waals surface area contributed by atoms with Gasteiger partial charge >= 0.3 is 5.97 Å². The summed E-state index contributed by atoms with van der Waals surface area (Å²) in [5, 5.41) is 16.7. The molecule has 1 atom stereocenters. The molecule has 2 N–H and O–H groups in total. The Morgan fingerprint density at radius 1 is 1.48 bits per heavy atom. The van der Waals surface area contributed by atoms with Crippen molar-refractivity contribution in [1.29, 1.82) is 0 Å². The van der Waals surface area contributed by atoms with Crippen molar-refractivity contribution in [2.24, 2.45) is 0 Å². The van der Waals surface area contributed by atoms with Crippen LogP contribution in [0, 0.1) is 6.92 Å². The summed E-state index contributed by atoms with van der Waals surface area (Å²) in [6.45, 7) is 9.24. The van der Waals surface area contributed by atoms with Gasteiger partial charge in [-0.15, -0.1) is 6.58 Å². The van der Waals surface area contributed by atoms with Crippen LogP contribution in [0.15, 0.2) is 24.9 Å². The summed E-state index contributed by atoms with van der Waals surface area (Å²) < 4.78 is 6.90. The van der Waals surface area contributed by atoms with Gasteiger partial charge in [-0.05, 0) is 26.8 Å². The predicted octanol–water partition coefficient (Wildman–Crippen LogP) is 1.71. The van der Waals surface area contributed by atoms with Gasteiger partial charge in [-0.25, -0.2) is 14.5 Å². The highest BCUT2D eigenvalue weighted by atomic mass is 16.5. The van der Waals surface area contributed by atoms with Crippen LogP contribution in [0.4, 0.5) is 0 Å². The van der Waals surface area contributed by atoms with E-state index >= 15 is 0 Å². The fraction of sp³-hybridized carbons (Fsp3) is 0.412. The topological polar surface area (TPSA) is 106 Å². The van der Waals surface area contributed by atoms with Crippen molar-refractivity contribution in [2.75, 3.05) is 13.2 Å². The van der Waals surface area contributed by atoms with E-state index in [1.165, 1.54) is 6.08 Å². The summed E-state index contributed by atoms with van der Waals surface area (Å²) in [7, 11) is 0. The minimum absolute atomic E-state index is 0.141. The third kappa shape index (κ3) is 4.21. The van der Waals surface area contributed by atoms with Crippen LogP contribution in [-0.4, -0.2) is 51.0 Å². The Morgan fingerprint density at radius 3 is 2.80 bits per heavy atom. The number of hydrogen-bond donors (Lipinski definition) is 2. The fourth-order valence-electron chi connectivity index (χ4n) is 2.35. The lowest BCUT2D eigenvalue weighted by molar-refractivity contribution is -0.140. The van der Waals surface area contributed by atoms with Crippen LogP contribution in [0.1, 0.15) is 35.9 Å². The summed E-state index contributed by atoms with van der Waals surface area (Å²) in [4.78, 5) is 28.2. The van der Waals surface area contributed by atoms with Gasteiger partial charge in [0, 0.05) is 11.4 Å². The normalized spacial score (nSPS) is 12.3. The lowest BCUT2D eigenvalue weighted by atomic mass is 10.1. The van der Waals surface area contributed by atoms with E-state index in [1.54, 1.807) is 23.9 Å². The van der Waals surface area contributed by atoms with E-state index in [1.807, 2.05) is 13.8 Å². The molecule has 2 rings (SSSR count). The molecule has 0 aliphatic heterocycles. The molecule has 0 fully saturated rings. The summed E-state index contributed by atoms with van der Waals surface area (Å²) in [6.07, 6.45) is 3.15. The number of pyridine rings is 1. The quantitative estimate of drug-likeness (QED) is 0.557. The first-order valence-corrected chi connectivity index (χ1v) is 7.92. The maximum atomic E-state index is 12.5. The van der Waals surface area contributed by atoms with E-state index in [2.05, 4.69) is 22.0 Å². The van der Waals surface area contributed by atoms with Crippen molar-refractivity contribution in [3.63, 3.8) is 0 Å². The zero-order valence-corrected chi connectivity index (χ0v) is 14.5. The number of carbonyl (C=O) groups excluding carboxylic acids is 1. The van der Waals surface area contributed by atoms with E-state index in [-0.39, 0.29) is 19.3 Å². The number of aliphatic carboxylic acids is 1. The Kier molecular flexibility index (Phi) is 5.87. The van der Waals surface area contributed by atoms with Crippen LogP contribution < -0.4 is 5.32 Å². The summed E-state index contributed by atoms with van der Waals surface area (Å²) >= 11 is 0. The molecule has 2 aromatic rings. The van der Waals surface area contributed by atoms with Gasteiger partial charge in [-0.3, -0.25) is 4.79 Å². The predicted molar refractivity (Wildman–Crippen MR) is 92.6 cm³/mol. The number of carbonyl (C=O) groups is 2. The Bertz CT molecular complexity index is 797. The highest BCUT2D eigenvalue weighted by molar-refractivity contribution is 5.99. The third-order valence-corrected chi connectivity index (χ3v) is 3.62. The van der Waals surface area contributed by atoms with Gasteiger partial charge in [0.1, 0.15) is 0 Å². The van der Waals surface area contributed by atoms with E-state index < -0.39 is 17.9 Å². The Labute approximate surface area is 145 Å². The van der Waals surface area contributed by atoms with E-state index in [4.69, 9.17) is 4.74 Å². The smallest absolute Gasteiger partial charge is 0.328 e. The number of nitrogens with zero attached hydrogens (tertiary/aromatic N) is 3. The van der Waals surface area contributed by atoms with Crippen LogP contribution in [0.3, 0.4) is 0 Å². The van der Waals surface area contributed by atoms with E-state index in [0.717, 1.165) is 5.39 Å². The van der Waals surface area contributed by atoms with E-state index in [0.29, 0.717) is 16.9 Å². The average Bonchev–Trinajstić information content (AvgIpc) is 2.95. The zero-order chi connectivity index (χ0) is 18.6. The molecule has 1 amide bonds. The second-order valence-corrected chi connectivity index (χ2v) is 5.91. The minimum Gasteiger partial charge on any atom is -0.480 e. The Hall–Kier alpha value is -2.74. The van der Waals surface area contributed by atoms with Crippen LogP contribution in [-0.2, 0) is 9.53 Å². The standard InChI is InChI=1S/C17H22N4O4/c1-5-6-25-9-14(17(23)24)20-16(22)13-7-12-8-18-21(10(2)3)15(12)19-11(13)4/h5,7-8,10,14H,1,6,9H2,2-4H3,(H,20,22)(H,23,24). The Balaban J connectivity index is 2.24. The number of aromatic nitrogens is 3. The van der Waals surface area contributed by atoms with Crippen molar-refractivity contribution in [1.82, 2.24) is 20.1 Å². The molecule has 0 radical (unpaired) electrons. The number of carboxylic acid groups (broad SMARTS) is 1. The monoisotopic (exact) mass is 346 g/mol. The molecule has 8 nitrogen and oxygen atoms in total. The van der Waals surface area contributed by atoms with Crippen molar-refractivity contribution in [3.8, 4) is 0 Å². The number of rotatable bonds is 8. The number of nitrogens with one attached hydrogen (secondary N) is 1. The molecule has 0 aliphatic rings. The number of hydrogen-bond acceptors (Lipinski definition) is 5. The molecule has 0 spiro atoms. The van der Waals surface area contributed by atoms with Gasteiger partial charge in [-0.2, -0.15) is 5.10 Å². The molecule has 0 saturated carbocycles. The minimum atomic E-state index is -1.17. The van der Waals surface area contributed by atoms with Crippen molar-refractivity contribution < 1.29 is 19.4 Å². The first kappa shape index (κ1) is 18.6. The number of carboxylic acids is 1. The average molecular weight is 346 g/mol. The van der Waals surface area contributed by atoms with Crippen molar-refractivity contribution >= 4 is 22.9 Å². The first-order valence-electron chi connectivity index (χ1n) is 7.92. The van der Waals surface area contributed by atoms with Crippen LogP contribution in [0.2, 0.25) is 0 Å². The second kappa shape index (κ2) is 7.89. The summed E-state index contributed by atoms with van der Waals surface area (Å²) in [5.41, 5.74) is 1.50. The molecule has 2 heterocycles. The third-order valence-electron chi connectivity index (χ3n) is 3.62. The summed E-state index contributed by atoms with van der Waals surface area (Å²) in [6, 6.07) is 0.658. The maximum Gasteiger partial charge on any atom is 0.328 e. The van der Waals surface area contributed by atoms with E-state index in [9.17, 15) is 14.7 Å². The van der Waals surface area contributed by atoms with Gasteiger partial charge in [0.05, 0.1) is 30.7 Å². The molecule has 8 heteroatoms. The molecule has 25 heavy (non-hydrogen) atoms. The molecule has 0 aromatic carbocycles. The number of amides is 1. The van der Waals surface area contributed by atoms with Gasteiger partial charge < -0.3 is 15.2 Å². The number of fused-ring (bicyclic) bond motifs is 1.